The Morgan fingerprint density at radius 2 is 1.76 bits per heavy atom. The van der Waals surface area contributed by atoms with Gasteiger partial charge in [-0.2, -0.15) is 0 Å². The lowest BCUT2D eigenvalue weighted by molar-refractivity contribution is -0.120. The van der Waals surface area contributed by atoms with Gasteiger partial charge in [-0.05, 0) is 81.1 Å². The number of carboxylic acid groups (broad SMARTS) is 1. The molecule has 1 aromatic carbocycles. The highest BCUT2D eigenvalue weighted by atomic mass is 16.4. The van der Waals surface area contributed by atoms with Crippen LogP contribution in [0.2, 0.25) is 0 Å². The summed E-state index contributed by atoms with van der Waals surface area (Å²) in [6.45, 7) is 5.86. The van der Waals surface area contributed by atoms with E-state index in [4.69, 9.17) is 5.11 Å². The van der Waals surface area contributed by atoms with Gasteiger partial charge in [0.1, 0.15) is 0 Å². The van der Waals surface area contributed by atoms with E-state index in [0.29, 0.717) is 24.3 Å². The number of nitrogens with one attached hydrogen (secondary N) is 2. The number of rotatable bonds is 5. The summed E-state index contributed by atoms with van der Waals surface area (Å²) in [5.74, 6) is 0.491. The van der Waals surface area contributed by atoms with Crippen molar-refractivity contribution in [2.24, 2.45) is 11.3 Å². The molecule has 1 aliphatic carbocycles. The number of urea groups is 1. The maximum absolute atomic E-state index is 12.2. The van der Waals surface area contributed by atoms with E-state index < -0.39 is 6.09 Å². The maximum atomic E-state index is 12.2. The predicted octanol–water partition coefficient (Wildman–Crippen LogP) is 2.86. The number of amides is 4. The van der Waals surface area contributed by atoms with Crippen LogP contribution in [0, 0.1) is 11.3 Å². The van der Waals surface area contributed by atoms with Crippen LogP contribution < -0.4 is 20.4 Å². The molecule has 184 valence electrons. The summed E-state index contributed by atoms with van der Waals surface area (Å²) >= 11 is 0. The van der Waals surface area contributed by atoms with Crippen LogP contribution >= 0.6 is 0 Å². The van der Waals surface area contributed by atoms with Crippen molar-refractivity contribution in [3.63, 3.8) is 0 Å². The van der Waals surface area contributed by atoms with E-state index in [9.17, 15) is 14.4 Å². The van der Waals surface area contributed by atoms with E-state index in [-0.39, 0.29) is 18.0 Å². The highest BCUT2D eigenvalue weighted by molar-refractivity contribution is 6.05. The average Bonchev–Trinajstić information content (AvgIpc) is 2.80. The number of hydrogen-bond donors (Lipinski definition) is 3. The van der Waals surface area contributed by atoms with Crippen molar-refractivity contribution in [1.82, 2.24) is 15.5 Å². The van der Waals surface area contributed by atoms with Crippen LogP contribution in [0.4, 0.5) is 21.0 Å². The zero-order chi connectivity index (χ0) is 23.7. The van der Waals surface area contributed by atoms with Crippen molar-refractivity contribution in [1.29, 1.82) is 0 Å². The molecule has 34 heavy (non-hydrogen) atoms. The molecular weight excluding hydrogens is 434 g/mol. The van der Waals surface area contributed by atoms with Crippen LogP contribution in [-0.2, 0) is 4.79 Å². The molecule has 4 amide bonds. The quantitative estimate of drug-likeness (QED) is 0.613. The van der Waals surface area contributed by atoms with Gasteiger partial charge in [0.25, 0.3) is 0 Å². The summed E-state index contributed by atoms with van der Waals surface area (Å²) in [5.41, 5.74) is 2.34. The third-order valence-corrected chi connectivity index (χ3v) is 8.29. The molecule has 1 spiro atoms. The molecule has 0 bridgehead atoms. The largest absolute Gasteiger partial charge is 0.465 e. The second-order valence-corrected chi connectivity index (χ2v) is 10.6. The molecule has 3 aliphatic heterocycles. The number of piperidine rings is 2. The average molecular weight is 470 g/mol. The molecule has 0 unspecified atom stereocenters. The first-order valence-electron chi connectivity index (χ1n) is 12.6. The summed E-state index contributed by atoms with van der Waals surface area (Å²) in [6.07, 6.45) is 6.13. The normalized spacial score (nSPS) is 24.1. The van der Waals surface area contributed by atoms with Gasteiger partial charge < -0.3 is 20.2 Å². The van der Waals surface area contributed by atoms with E-state index in [0.717, 1.165) is 69.8 Å². The van der Waals surface area contributed by atoms with Gasteiger partial charge in [0.2, 0.25) is 5.91 Å². The van der Waals surface area contributed by atoms with E-state index >= 15 is 0 Å². The Bertz CT molecular complexity index is 929. The number of anilines is 2. The van der Waals surface area contributed by atoms with Gasteiger partial charge in [-0.15, -0.1) is 0 Å². The third kappa shape index (κ3) is 4.99. The minimum absolute atomic E-state index is 0.152. The number of carbonyl (C=O) groups excluding carboxylic acids is 2. The Morgan fingerprint density at radius 1 is 1.06 bits per heavy atom. The van der Waals surface area contributed by atoms with Crippen molar-refractivity contribution in [3.05, 3.63) is 24.3 Å². The first kappa shape index (κ1) is 23.0. The molecule has 0 atom stereocenters. The topological polar surface area (TPSA) is 105 Å². The van der Waals surface area contributed by atoms with Gasteiger partial charge in [-0.1, -0.05) is 6.07 Å². The fraction of sp³-hybridized carbons (Fsp3) is 0.640. The molecule has 0 radical (unpaired) electrons. The van der Waals surface area contributed by atoms with Crippen molar-refractivity contribution < 1.29 is 19.5 Å². The Kier molecular flexibility index (Phi) is 6.38. The number of carbonyl (C=O) groups is 3. The lowest BCUT2D eigenvalue weighted by Gasteiger charge is -2.52. The number of likely N-dealkylation sites (tertiary alicyclic amines) is 1. The van der Waals surface area contributed by atoms with Crippen LogP contribution in [0.25, 0.3) is 0 Å². The summed E-state index contributed by atoms with van der Waals surface area (Å²) < 4.78 is 0. The fourth-order valence-electron chi connectivity index (χ4n) is 6.29. The smallest absolute Gasteiger partial charge is 0.404 e. The van der Waals surface area contributed by atoms with Crippen LogP contribution in [0.15, 0.2) is 24.3 Å². The highest BCUT2D eigenvalue weighted by Gasteiger charge is 2.46. The van der Waals surface area contributed by atoms with Gasteiger partial charge in [-0.3, -0.25) is 15.0 Å². The van der Waals surface area contributed by atoms with Crippen LogP contribution in [0.1, 0.15) is 44.9 Å². The molecule has 1 aromatic rings. The molecular formula is C25H35N5O4. The van der Waals surface area contributed by atoms with E-state index in [1.165, 1.54) is 12.8 Å². The third-order valence-electron chi connectivity index (χ3n) is 8.29. The van der Waals surface area contributed by atoms with Crippen LogP contribution in [0.5, 0.6) is 0 Å². The van der Waals surface area contributed by atoms with Gasteiger partial charge >= 0.3 is 12.1 Å². The Morgan fingerprint density at radius 3 is 2.44 bits per heavy atom. The van der Waals surface area contributed by atoms with Crippen LogP contribution in [-0.4, -0.2) is 73.3 Å². The second-order valence-electron chi connectivity index (χ2n) is 10.6. The number of imide groups is 1. The Balaban J connectivity index is 1.07. The molecule has 0 aromatic heterocycles. The first-order chi connectivity index (χ1) is 16.4. The summed E-state index contributed by atoms with van der Waals surface area (Å²) in [4.78, 5) is 41.1. The zero-order valence-corrected chi connectivity index (χ0v) is 19.7. The Hall–Kier alpha value is -2.81. The van der Waals surface area contributed by atoms with Crippen molar-refractivity contribution >= 4 is 29.4 Å². The predicted molar refractivity (Wildman–Crippen MR) is 129 cm³/mol. The minimum atomic E-state index is -0.899. The molecule has 9 nitrogen and oxygen atoms in total. The van der Waals surface area contributed by atoms with Gasteiger partial charge in [0.15, 0.2) is 0 Å². The zero-order valence-electron chi connectivity index (χ0n) is 19.7. The van der Waals surface area contributed by atoms with Crippen molar-refractivity contribution in [2.75, 3.05) is 49.1 Å². The fourth-order valence-corrected chi connectivity index (χ4v) is 6.29. The van der Waals surface area contributed by atoms with E-state index in [1.54, 1.807) is 4.90 Å². The van der Waals surface area contributed by atoms with Crippen LogP contribution in [0.3, 0.4) is 0 Å². The minimum Gasteiger partial charge on any atom is -0.465 e. The molecule has 5 rings (SSSR count). The summed E-state index contributed by atoms with van der Waals surface area (Å²) in [5, 5.41) is 13.9. The molecule has 3 N–H and O–H groups in total. The molecule has 3 saturated heterocycles. The first-order valence-corrected chi connectivity index (χ1v) is 12.6. The number of hydrogen-bond acceptors (Lipinski definition) is 5. The van der Waals surface area contributed by atoms with E-state index in [1.807, 2.05) is 12.1 Å². The van der Waals surface area contributed by atoms with Crippen molar-refractivity contribution in [2.45, 2.75) is 51.0 Å². The molecule has 4 fully saturated rings. The van der Waals surface area contributed by atoms with Gasteiger partial charge in [0.05, 0.1) is 0 Å². The van der Waals surface area contributed by atoms with Gasteiger partial charge in [0, 0.05) is 50.0 Å². The maximum Gasteiger partial charge on any atom is 0.404 e. The van der Waals surface area contributed by atoms with E-state index in [2.05, 4.69) is 32.6 Å². The summed E-state index contributed by atoms with van der Waals surface area (Å²) in [6, 6.07) is 7.89. The Labute approximate surface area is 200 Å². The summed E-state index contributed by atoms with van der Waals surface area (Å²) in [7, 11) is 0. The SMILES string of the molecule is O=C(O)NC1CC2(CCN(CC3CCN(c4cccc(N5CCC(=O)NC5=O)c4)CC3)CC2)C1. The lowest BCUT2D eigenvalue weighted by Crippen LogP contribution is -2.55. The van der Waals surface area contributed by atoms with Gasteiger partial charge in [-0.25, -0.2) is 9.59 Å². The molecule has 9 heteroatoms. The number of benzene rings is 1. The number of nitrogens with zero attached hydrogens (tertiary/aromatic N) is 3. The second kappa shape index (κ2) is 9.44. The monoisotopic (exact) mass is 469 g/mol. The molecule has 4 aliphatic rings. The molecule has 1 saturated carbocycles. The highest BCUT2D eigenvalue weighted by Crippen LogP contribution is 2.49. The standard InChI is InChI=1S/C25H35N5O4/c31-22-6-11-30(23(32)27-22)21-3-1-2-20(14-21)29-9-4-18(5-10-29)17-28-12-7-25(8-13-28)15-19(16-25)26-24(33)34/h1-3,14,18-19,26H,4-13,15-17H2,(H,33,34)(H,27,31,32). The molecule has 3 heterocycles. The van der Waals surface area contributed by atoms with Crippen molar-refractivity contribution in [3.8, 4) is 0 Å². The lowest BCUT2D eigenvalue weighted by atomic mass is 9.60.